The lowest BCUT2D eigenvalue weighted by atomic mass is 10.1. The van der Waals surface area contributed by atoms with Gasteiger partial charge < -0.3 is 9.73 Å². The summed E-state index contributed by atoms with van der Waals surface area (Å²) in [5.74, 6) is 0.516. The number of rotatable bonds is 3. The van der Waals surface area contributed by atoms with Crippen LogP contribution in [0.15, 0.2) is 45.5 Å². The highest BCUT2D eigenvalue weighted by molar-refractivity contribution is 9.10. The number of carbonyl (C=O) groups excluding carboxylic acids is 1. The monoisotopic (exact) mass is 307 g/mol. The second kappa shape index (κ2) is 5.40. The minimum absolute atomic E-state index is 0.0516. The van der Waals surface area contributed by atoms with Crippen LogP contribution in [0.5, 0.6) is 0 Å². The number of hydrogen-bond donors (Lipinski definition) is 1. The quantitative estimate of drug-likeness (QED) is 0.936. The van der Waals surface area contributed by atoms with E-state index in [0.29, 0.717) is 11.3 Å². The molecule has 18 heavy (non-hydrogen) atoms. The fourth-order valence-electron chi connectivity index (χ4n) is 1.75. The van der Waals surface area contributed by atoms with Crippen LogP contribution in [0, 0.1) is 6.92 Å². The van der Waals surface area contributed by atoms with Gasteiger partial charge in [0.1, 0.15) is 5.76 Å². The zero-order valence-electron chi connectivity index (χ0n) is 10.2. The summed E-state index contributed by atoms with van der Waals surface area (Å²) in [4.78, 5) is 12.0. The van der Waals surface area contributed by atoms with E-state index in [1.54, 1.807) is 13.0 Å². The van der Waals surface area contributed by atoms with E-state index >= 15 is 0 Å². The molecule has 1 N–H and O–H groups in total. The van der Waals surface area contributed by atoms with Crippen LogP contribution in [0.3, 0.4) is 0 Å². The van der Waals surface area contributed by atoms with Crippen molar-refractivity contribution < 1.29 is 9.21 Å². The lowest BCUT2D eigenvalue weighted by molar-refractivity contribution is 0.0938. The zero-order valence-corrected chi connectivity index (χ0v) is 11.8. The van der Waals surface area contributed by atoms with E-state index in [2.05, 4.69) is 21.2 Å². The Morgan fingerprint density at radius 3 is 2.78 bits per heavy atom. The van der Waals surface area contributed by atoms with Gasteiger partial charge in [0.05, 0.1) is 17.9 Å². The molecule has 0 spiro atoms. The predicted molar refractivity (Wildman–Crippen MR) is 73.5 cm³/mol. The summed E-state index contributed by atoms with van der Waals surface area (Å²) in [7, 11) is 0. The first-order valence-electron chi connectivity index (χ1n) is 5.68. The van der Waals surface area contributed by atoms with Crippen LogP contribution < -0.4 is 5.32 Å². The van der Waals surface area contributed by atoms with Gasteiger partial charge in [0.15, 0.2) is 0 Å². The van der Waals surface area contributed by atoms with Crippen molar-refractivity contribution >= 4 is 21.8 Å². The maximum absolute atomic E-state index is 12.0. The molecular weight excluding hydrogens is 294 g/mol. The number of furan rings is 1. The summed E-state index contributed by atoms with van der Waals surface area (Å²) in [6.45, 7) is 3.73. The van der Waals surface area contributed by atoms with Gasteiger partial charge in [-0.25, -0.2) is 0 Å². The standard InChI is InChI=1S/C14H14BrNO2/c1-9(11-4-3-5-12(15)8-11)16-14(17)13-6-7-18-10(13)2/h3-9H,1-2H3,(H,16,17)/t9-/m0/s1. The third-order valence-electron chi connectivity index (χ3n) is 2.80. The van der Waals surface area contributed by atoms with Gasteiger partial charge >= 0.3 is 0 Å². The van der Waals surface area contributed by atoms with Crippen molar-refractivity contribution in [2.45, 2.75) is 19.9 Å². The molecule has 0 aliphatic carbocycles. The SMILES string of the molecule is Cc1occc1C(=O)N[C@@H](C)c1cccc(Br)c1. The van der Waals surface area contributed by atoms with E-state index in [4.69, 9.17) is 4.42 Å². The molecule has 2 rings (SSSR count). The average molecular weight is 308 g/mol. The van der Waals surface area contributed by atoms with E-state index in [1.165, 1.54) is 6.26 Å². The highest BCUT2D eigenvalue weighted by Crippen LogP contribution is 2.18. The molecule has 0 fully saturated rings. The van der Waals surface area contributed by atoms with Gasteiger partial charge in [-0.2, -0.15) is 0 Å². The van der Waals surface area contributed by atoms with Crippen LogP contribution in [0.1, 0.15) is 34.6 Å². The van der Waals surface area contributed by atoms with Crippen LogP contribution in [-0.4, -0.2) is 5.91 Å². The first kappa shape index (κ1) is 12.9. The molecule has 4 heteroatoms. The van der Waals surface area contributed by atoms with Crippen molar-refractivity contribution in [3.63, 3.8) is 0 Å². The molecule has 94 valence electrons. The summed E-state index contributed by atoms with van der Waals surface area (Å²) >= 11 is 3.42. The molecular formula is C14H14BrNO2. The number of hydrogen-bond acceptors (Lipinski definition) is 2. The molecule has 0 aliphatic rings. The van der Waals surface area contributed by atoms with Gasteiger partial charge in [-0.05, 0) is 37.6 Å². The molecule has 1 aromatic heterocycles. The topological polar surface area (TPSA) is 42.2 Å². The fraction of sp³-hybridized carbons (Fsp3) is 0.214. The number of carbonyl (C=O) groups is 1. The fourth-order valence-corrected chi connectivity index (χ4v) is 2.17. The highest BCUT2D eigenvalue weighted by Gasteiger charge is 2.14. The Balaban J connectivity index is 2.10. The molecule has 1 amide bonds. The largest absolute Gasteiger partial charge is 0.469 e. The summed E-state index contributed by atoms with van der Waals surface area (Å²) < 4.78 is 6.12. The summed E-state index contributed by atoms with van der Waals surface area (Å²) in [6, 6.07) is 9.51. The number of halogens is 1. The predicted octanol–water partition coefficient (Wildman–Crippen LogP) is 3.84. The maximum Gasteiger partial charge on any atom is 0.255 e. The molecule has 0 aliphatic heterocycles. The van der Waals surface area contributed by atoms with Gasteiger partial charge in [0.2, 0.25) is 0 Å². The van der Waals surface area contributed by atoms with Crippen molar-refractivity contribution in [1.82, 2.24) is 5.32 Å². The molecule has 1 heterocycles. The maximum atomic E-state index is 12.0. The third kappa shape index (κ3) is 2.82. The molecule has 2 aromatic rings. The number of amides is 1. The molecule has 0 bridgehead atoms. The molecule has 0 radical (unpaired) electrons. The third-order valence-corrected chi connectivity index (χ3v) is 3.29. The molecule has 1 atom stereocenters. The number of nitrogens with one attached hydrogen (secondary N) is 1. The van der Waals surface area contributed by atoms with Crippen LogP contribution in [0.2, 0.25) is 0 Å². The van der Waals surface area contributed by atoms with E-state index < -0.39 is 0 Å². The Morgan fingerprint density at radius 1 is 1.39 bits per heavy atom. The van der Waals surface area contributed by atoms with Gasteiger partial charge in [0.25, 0.3) is 5.91 Å². The molecule has 0 saturated heterocycles. The van der Waals surface area contributed by atoms with Crippen molar-refractivity contribution in [3.8, 4) is 0 Å². The van der Waals surface area contributed by atoms with Crippen molar-refractivity contribution in [2.75, 3.05) is 0 Å². The zero-order chi connectivity index (χ0) is 13.1. The number of benzene rings is 1. The second-order valence-corrected chi connectivity index (χ2v) is 5.06. The van der Waals surface area contributed by atoms with Crippen LogP contribution in [0.25, 0.3) is 0 Å². The Labute approximate surface area is 114 Å². The smallest absolute Gasteiger partial charge is 0.255 e. The Bertz CT molecular complexity index is 562. The normalized spacial score (nSPS) is 12.2. The van der Waals surface area contributed by atoms with E-state index in [0.717, 1.165) is 10.0 Å². The molecule has 0 unspecified atom stereocenters. The van der Waals surface area contributed by atoms with Crippen LogP contribution in [-0.2, 0) is 0 Å². The van der Waals surface area contributed by atoms with Crippen molar-refractivity contribution in [3.05, 3.63) is 58.0 Å². The minimum atomic E-state index is -0.117. The Hall–Kier alpha value is -1.55. The van der Waals surface area contributed by atoms with Gasteiger partial charge in [-0.15, -0.1) is 0 Å². The summed E-state index contributed by atoms with van der Waals surface area (Å²) in [5, 5.41) is 2.95. The average Bonchev–Trinajstić information content (AvgIpc) is 2.75. The lowest BCUT2D eigenvalue weighted by Gasteiger charge is -2.14. The van der Waals surface area contributed by atoms with Gasteiger partial charge in [-0.3, -0.25) is 4.79 Å². The number of aryl methyl sites for hydroxylation is 1. The first-order chi connectivity index (χ1) is 8.58. The van der Waals surface area contributed by atoms with E-state index in [9.17, 15) is 4.79 Å². The highest BCUT2D eigenvalue weighted by atomic mass is 79.9. The van der Waals surface area contributed by atoms with Gasteiger partial charge in [0, 0.05) is 4.47 Å². The Morgan fingerprint density at radius 2 is 2.17 bits per heavy atom. The summed E-state index contributed by atoms with van der Waals surface area (Å²) in [6.07, 6.45) is 1.52. The van der Waals surface area contributed by atoms with Gasteiger partial charge in [-0.1, -0.05) is 28.1 Å². The van der Waals surface area contributed by atoms with E-state index in [-0.39, 0.29) is 11.9 Å². The van der Waals surface area contributed by atoms with Crippen molar-refractivity contribution in [1.29, 1.82) is 0 Å². The first-order valence-corrected chi connectivity index (χ1v) is 6.47. The molecule has 3 nitrogen and oxygen atoms in total. The van der Waals surface area contributed by atoms with E-state index in [1.807, 2.05) is 31.2 Å². The molecule has 1 aromatic carbocycles. The van der Waals surface area contributed by atoms with Crippen LogP contribution >= 0.6 is 15.9 Å². The van der Waals surface area contributed by atoms with Crippen LogP contribution in [0.4, 0.5) is 0 Å². The Kier molecular flexibility index (Phi) is 3.87. The molecule has 0 saturated carbocycles. The van der Waals surface area contributed by atoms with Crippen molar-refractivity contribution in [2.24, 2.45) is 0 Å². The second-order valence-electron chi connectivity index (χ2n) is 4.14. The minimum Gasteiger partial charge on any atom is -0.469 e. The summed E-state index contributed by atoms with van der Waals surface area (Å²) in [5.41, 5.74) is 1.63. The lowest BCUT2D eigenvalue weighted by Crippen LogP contribution is -2.26.